The second-order valence-electron chi connectivity index (χ2n) is 5.99. The molecule has 2 aromatic carbocycles. The van der Waals surface area contributed by atoms with Gasteiger partial charge in [0.15, 0.2) is 0 Å². The molecule has 0 spiro atoms. The van der Waals surface area contributed by atoms with Gasteiger partial charge in [-0.15, -0.1) is 0 Å². The molecule has 0 saturated carbocycles. The molecule has 4 nitrogen and oxygen atoms in total. The minimum Gasteiger partial charge on any atom is -0.435 e. The number of nitrogens with zero attached hydrogens (tertiary/aromatic N) is 1. The average Bonchev–Trinajstić information content (AvgIpc) is 2.59. The van der Waals surface area contributed by atoms with Gasteiger partial charge < -0.3 is 10.1 Å². The lowest BCUT2D eigenvalue weighted by Gasteiger charge is -2.17. The maximum absolute atomic E-state index is 13.8. The zero-order valence-electron chi connectivity index (χ0n) is 14.7. The summed E-state index contributed by atoms with van der Waals surface area (Å²) >= 11 is 5.98. The first kappa shape index (κ1) is 21.1. The summed E-state index contributed by atoms with van der Waals surface area (Å²) in [5.41, 5.74) is 1.23. The Bertz CT molecular complexity index is 737. The number of benzene rings is 2. The summed E-state index contributed by atoms with van der Waals surface area (Å²) in [4.78, 5) is 13.7. The van der Waals surface area contributed by atoms with Gasteiger partial charge in [0.2, 0.25) is 5.91 Å². The second kappa shape index (κ2) is 10.2. The Balaban J connectivity index is 1.74. The maximum Gasteiger partial charge on any atom is 0.387 e. The summed E-state index contributed by atoms with van der Waals surface area (Å²) in [6.07, 6.45) is 0.545. The molecule has 1 amide bonds. The van der Waals surface area contributed by atoms with Gasteiger partial charge in [-0.3, -0.25) is 9.69 Å². The van der Waals surface area contributed by atoms with Gasteiger partial charge in [0.1, 0.15) is 11.6 Å². The van der Waals surface area contributed by atoms with Crippen LogP contribution in [0.15, 0.2) is 42.5 Å². The van der Waals surface area contributed by atoms with E-state index < -0.39 is 12.4 Å². The Hall–Kier alpha value is -2.25. The summed E-state index contributed by atoms with van der Waals surface area (Å²) in [6.45, 7) is -2.16. The summed E-state index contributed by atoms with van der Waals surface area (Å²) < 4.78 is 42.2. The van der Waals surface area contributed by atoms with Gasteiger partial charge in [0, 0.05) is 23.7 Å². The third-order valence-electron chi connectivity index (χ3n) is 3.79. The van der Waals surface area contributed by atoms with Crippen LogP contribution in [0.3, 0.4) is 0 Å². The number of rotatable bonds is 9. The molecule has 27 heavy (non-hydrogen) atoms. The van der Waals surface area contributed by atoms with Crippen molar-refractivity contribution < 1.29 is 22.7 Å². The highest BCUT2D eigenvalue weighted by Gasteiger charge is 2.12. The van der Waals surface area contributed by atoms with E-state index in [0.717, 1.165) is 5.56 Å². The van der Waals surface area contributed by atoms with E-state index in [1.54, 1.807) is 30.1 Å². The first-order valence-corrected chi connectivity index (χ1v) is 8.65. The third-order valence-corrected chi connectivity index (χ3v) is 4.14. The standard InChI is InChI=1S/C19H20ClF3N2O2/c1-25(11-15-16(20)3-2-4-17(15)21)12-18(26)24-10-9-13-5-7-14(8-6-13)27-19(22)23/h2-8,19H,9-12H2,1H3,(H,24,26). The number of hydrogen-bond acceptors (Lipinski definition) is 3. The molecule has 2 aromatic rings. The lowest BCUT2D eigenvalue weighted by molar-refractivity contribution is -0.122. The van der Waals surface area contributed by atoms with Crippen molar-refractivity contribution in [2.75, 3.05) is 20.1 Å². The van der Waals surface area contributed by atoms with Crippen LogP contribution in [0.5, 0.6) is 5.75 Å². The van der Waals surface area contributed by atoms with Gasteiger partial charge in [-0.05, 0) is 43.3 Å². The van der Waals surface area contributed by atoms with Crippen molar-refractivity contribution in [3.8, 4) is 5.75 Å². The SMILES string of the molecule is CN(CC(=O)NCCc1ccc(OC(F)F)cc1)Cc1c(F)cccc1Cl. The molecule has 0 unspecified atom stereocenters. The smallest absolute Gasteiger partial charge is 0.387 e. The highest BCUT2D eigenvalue weighted by atomic mass is 35.5. The fraction of sp³-hybridized carbons (Fsp3) is 0.316. The summed E-state index contributed by atoms with van der Waals surface area (Å²) in [5.74, 6) is -0.525. The molecule has 0 heterocycles. The molecule has 0 bridgehead atoms. The van der Waals surface area contributed by atoms with Gasteiger partial charge in [0.25, 0.3) is 0 Å². The van der Waals surface area contributed by atoms with Gasteiger partial charge in [-0.2, -0.15) is 8.78 Å². The molecule has 146 valence electrons. The molecule has 0 aromatic heterocycles. The van der Waals surface area contributed by atoms with Crippen molar-refractivity contribution in [3.63, 3.8) is 0 Å². The average molecular weight is 401 g/mol. The number of nitrogens with one attached hydrogen (secondary N) is 1. The Morgan fingerprint density at radius 1 is 1.22 bits per heavy atom. The zero-order chi connectivity index (χ0) is 19.8. The predicted molar refractivity (Wildman–Crippen MR) is 97.5 cm³/mol. The fourth-order valence-corrected chi connectivity index (χ4v) is 2.72. The van der Waals surface area contributed by atoms with Gasteiger partial charge in [-0.1, -0.05) is 29.8 Å². The maximum atomic E-state index is 13.8. The van der Waals surface area contributed by atoms with E-state index >= 15 is 0 Å². The highest BCUT2D eigenvalue weighted by Crippen LogP contribution is 2.20. The van der Waals surface area contributed by atoms with Gasteiger partial charge >= 0.3 is 6.61 Å². The number of likely N-dealkylation sites (N-methyl/N-ethyl adjacent to an activating group) is 1. The number of halogens is 4. The fourth-order valence-electron chi connectivity index (χ4n) is 2.49. The van der Waals surface area contributed by atoms with Gasteiger partial charge in [-0.25, -0.2) is 4.39 Å². The van der Waals surface area contributed by atoms with Crippen molar-refractivity contribution in [1.82, 2.24) is 10.2 Å². The zero-order valence-corrected chi connectivity index (χ0v) is 15.5. The van der Waals surface area contributed by atoms with E-state index in [4.69, 9.17) is 11.6 Å². The minimum atomic E-state index is -2.86. The van der Waals surface area contributed by atoms with E-state index in [1.165, 1.54) is 24.3 Å². The molecule has 0 fully saturated rings. The van der Waals surface area contributed by atoms with Crippen LogP contribution in [0.1, 0.15) is 11.1 Å². The number of amides is 1. The van der Waals surface area contributed by atoms with Crippen molar-refractivity contribution in [2.45, 2.75) is 19.6 Å². The molecule has 0 radical (unpaired) electrons. The van der Waals surface area contributed by atoms with Crippen molar-refractivity contribution in [1.29, 1.82) is 0 Å². The van der Waals surface area contributed by atoms with Gasteiger partial charge in [0.05, 0.1) is 6.54 Å². The van der Waals surface area contributed by atoms with Crippen LogP contribution in [-0.4, -0.2) is 37.6 Å². The van der Waals surface area contributed by atoms with Crippen molar-refractivity contribution in [3.05, 3.63) is 64.4 Å². The second-order valence-corrected chi connectivity index (χ2v) is 6.40. The number of ether oxygens (including phenoxy) is 1. The third kappa shape index (κ3) is 7.11. The molecule has 1 N–H and O–H groups in total. The molecule has 8 heteroatoms. The molecule has 0 atom stereocenters. The Kier molecular flexibility index (Phi) is 7.94. The largest absolute Gasteiger partial charge is 0.435 e. The van der Waals surface area contributed by atoms with Crippen LogP contribution in [0.25, 0.3) is 0 Å². The molecule has 0 aliphatic carbocycles. The molecular formula is C19H20ClF3N2O2. The van der Waals surface area contributed by atoms with Crippen LogP contribution in [0, 0.1) is 5.82 Å². The lowest BCUT2D eigenvalue weighted by Crippen LogP contribution is -2.36. The van der Waals surface area contributed by atoms with Crippen LogP contribution in [0.4, 0.5) is 13.2 Å². The lowest BCUT2D eigenvalue weighted by atomic mass is 10.1. The minimum absolute atomic E-state index is 0.0891. The van der Waals surface area contributed by atoms with Crippen LogP contribution in [0.2, 0.25) is 5.02 Å². The first-order chi connectivity index (χ1) is 12.8. The van der Waals surface area contributed by atoms with E-state index in [2.05, 4.69) is 10.1 Å². The topological polar surface area (TPSA) is 41.6 Å². The number of alkyl halides is 2. The molecule has 0 saturated heterocycles. The van der Waals surface area contributed by atoms with Crippen LogP contribution >= 0.6 is 11.6 Å². The quantitative estimate of drug-likeness (QED) is 0.694. The summed E-state index contributed by atoms with van der Waals surface area (Å²) in [6, 6.07) is 10.7. The van der Waals surface area contributed by atoms with Crippen molar-refractivity contribution in [2.24, 2.45) is 0 Å². The summed E-state index contributed by atoms with van der Waals surface area (Å²) in [5, 5.41) is 3.09. The first-order valence-electron chi connectivity index (χ1n) is 8.27. The normalized spacial score (nSPS) is 11.1. The Morgan fingerprint density at radius 3 is 2.56 bits per heavy atom. The monoisotopic (exact) mass is 400 g/mol. The Morgan fingerprint density at radius 2 is 1.93 bits per heavy atom. The number of carbonyl (C=O) groups is 1. The van der Waals surface area contributed by atoms with E-state index in [1.807, 2.05) is 0 Å². The van der Waals surface area contributed by atoms with E-state index in [9.17, 15) is 18.0 Å². The van der Waals surface area contributed by atoms with E-state index in [-0.39, 0.29) is 24.7 Å². The summed E-state index contributed by atoms with van der Waals surface area (Å²) in [7, 11) is 1.70. The molecule has 2 rings (SSSR count). The molecule has 0 aliphatic heterocycles. The molecular weight excluding hydrogens is 381 g/mol. The number of hydrogen-bond donors (Lipinski definition) is 1. The highest BCUT2D eigenvalue weighted by molar-refractivity contribution is 6.31. The molecule has 0 aliphatic rings. The van der Waals surface area contributed by atoms with Crippen LogP contribution < -0.4 is 10.1 Å². The predicted octanol–water partition coefficient (Wildman–Crippen LogP) is 3.87. The van der Waals surface area contributed by atoms with Crippen LogP contribution in [-0.2, 0) is 17.8 Å². The Labute approximate surface area is 160 Å². The van der Waals surface area contributed by atoms with Crippen molar-refractivity contribution >= 4 is 17.5 Å². The number of carbonyl (C=O) groups excluding carboxylic acids is 1. The van der Waals surface area contributed by atoms with E-state index in [0.29, 0.717) is 23.6 Å².